The number of hydrogen-bond acceptors (Lipinski definition) is 5. The molecular weight excluding hydrogens is 404 g/mol. The van der Waals surface area contributed by atoms with Gasteiger partial charge in [0.25, 0.3) is 5.91 Å². The van der Waals surface area contributed by atoms with Crippen molar-refractivity contribution in [2.24, 2.45) is 5.73 Å². The Morgan fingerprint density at radius 1 is 0.844 bits per heavy atom. The van der Waals surface area contributed by atoms with Gasteiger partial charge >= 0.3 is 5.97 Å². The molecule has 0 aliphatic carbocycles. The van der Waals surface area contributed by atoms with Gasteiger partial charge in [0.1, 0.15) is 25.0 Å². The van der Waals surface area contributed by atoms with Gasteiger partial charge in [-0.2, -0.15) is 0 Å². The number of rotatable bonds is 9. The van der Waals surface area contributed by atoms with Gasteiger partial charge < -0.3 is 20.1 Å². The van der Waals surface area contributed by atoms with E-state index in [0.717, 1.165) is 16.7 Å². The number of carbonyl (C=O) groups is 2. The predicted molar refractivity (Wildman–Crippen MR) is 123 cm³/mol. The van der Waals surface area contributed by atoms with Crippen molar-refractivity contribution in [3.05, 3.63) is 101 Å². The standard InChI is InChI=1S/C26H28N2O4/c1-28(2)25(29)22-15-21(13-14-24(22)31-17-19-9-5-3-6-10-19)16-23(27)26(30)32-18-20-11-7-4-8-12-20/h3-15,23H,16-18,27H2,1-2H3/t23-/m0/s1. The molecule has 6 nitrogen and oxygen atoms in total. The van der Waals surface area contributed by atoms with Crippen LogP contribution in [0.1, 0.15) is 27.0 Å². The first-order chi connectivity index (χ1) is 15.4. The Morgan fingerprint density at radius 3 is 2.03 bits per heavy atom. The number of carbonyl (C=O) groups excluding carboxylic acids is 2. The number of esters is 1. The minimum absolute atomic E-state index is 0.171. The van der Waals surface area contributed by atoms with Gasteiger partial charge in [0, 0.05) is 14.1 Å². The van der Waals surface area contributed by atoms with Gasteiger partial charge in [0.15, 0.2) is 0 Å². The highest BCUT2D eigenvalue weighted by Crippen LogP contribution is 2.23. The number of amides is 1. The summed E-state index contributed by atoms with van der Waals surface area (Å²) in [6.45, 7) is 0.517. The lowest BCUT2D eigenvalue weighted by Gasteiger charge is -2.17. The summed E-state index contributed by atoms with van der Waals surface area (Å²) < 4.78 is 11.2. The van der Waals surface area contributed by atoms with Crippen molar-refractivity contribution in [1.82, 2.24) is 4.90 Å². The van der Waals surface area contributed by atoms with Gasteiger partial charge in [0.2, 0.25) is 0 Å². The first-order valence-electron chi connectivity index (χ1n) is 10.4. The van der Waals surface area contributed by atoms with E-state index in [0.29, 0.717) is 17.9 Å². The van der Waals surface area contributed by atoms with E-state index in [9.17, 15) is 9.59 Å². The Hall–Kier alpha value is -3.64. The van der Waals surface area contributed by atoms with E-state index in [4.69, 9.17) is 15.2 Å². The maximum atomic E-state index is 12.7. The fraction of sp³-hybridized carbons (Fsp3) is 0.231. The molecule has 0 radical (unpaired) electrons. The second-order valence-electron chi connectivity index (χ2n) is 7.71. The maximum Gasteiger partial charge on any atom is 0.323 e. The Kier molecular flexibility index (Phi) is 8.00. The Morgan fingerprint density at radius 2 is 1.44 bits per heavy atom. The summed E-state index contributed by atoms with van der Waals surface area (Å²) in [4.78, 5) is 26.5. The Balaban J connectivity index is 1.68. The smallest absolute Gasteiger partial charge is 0.323 e. The molecule has 6 heteroatoms. The molecule has 0 bridgehead atoms. The highest BCUT2D eigenvalue weighted by atomic mass is 16.5. The first-order valence-corrected chi connectivity index (χ1v) is 10.4. The van der Waals surface area contributed by atoms with Crippen molar-refractivity contribution >= 4 is 11.9 Å². The van der Waals surface area contributed by atoms with Gasteiger partial charge in [-0.05, 0) is 35.2 Å². The molecule has 166 valence electrons. The quantitative estimate of drug-likeness (QED) is 0.523. The van der Waals surface area contributed by atoms with Crippen LogP contribution in [0.5, 0.6) is 5.75 Å². The van der Waals surface area contributed by atoms with E-state index in [1.54, 1.807) is 26.2 Å². The van der Waals surface area contributed by atoms with Crippen LogP contribution in [0.3, 0.4) is 0 Å². The molecule has 3 aromatic carbocycles. The molecule has 1 atom stereocenters. The van der Waals surface area contributed by atoms with Crippen LogP contribution in [0.2, 0.25) is 0 Å². The molecule has 0 aromatic heterocycles. The molecule has 0 heterocycles. The van der Waals surface area contributed by atoms with Crippen molar-refractivity contribution in [2.45, 2.75) is 25.7 Å². The molecule has 3 aromatic rings. The average Bonchev–Trinajstić information content (AvgIpc) is 2.82. The lowest BCUT2D eigenvalue weighted by atomic mass is 10.0. The third kappa shape index (κ3) is 6.43. The van der Waals surface area contributed by atoms with Crippen molar-refractivity contribution < 1.29 is 19.1 Å². The van der Waals surface area contributed by atoms with Crippen molar-refractivity contribution in [1.29, 1.82) is 0 Å². The summed E-state index contributed by atoms with van der Waals surface area (Å²) in [5.74, 6) is -0.189. The highest BCUT2D eigenvalue weighted by molar-refractivity contribution is 5.96. The second kappa shape index (κ2) is 11.1. The van der Waals surface area contributed by atoms with E-state index in [1.165, 1.54) is 4.90 Å². The second-order valence-corrected chi connectivity index (χ2v) is 7.71. The van der Waals surface area contributed by atoms with Crippen LogP contribution in [0.15, 0.2) is 78.9 Å². The molecule has 32 heavy (non-hydrogen) atoms. The van der Waals surface area contributed by atoms with Gasteiger partial charge in [-0.3, -0.25) is 9.59 Å². The average molecular weight is 433 g/mol. The van der Waals surface area contributed by atoms with Gasteiger partial charge in [-0.25, -0.2) is 0 Å². The third-order valence-electron chi connectivity index (χ3n) is 4.90. The molecule has 2 N–H and O–H groups in total. The summed E-state index contributed by atoms with van der Waals surface area (Å²) >= 11 is 0. The zero-order valence-electron chi connectivity index (χ0n) is 18.4. The topological polar surface area (TPSA) is 81.9 Å². The molecule has 0 saturated heterocycles. The summed E-state index contributed by atoms with van der Waals surface area (Å²) in [6.07, 6.45) is 0.250. The maximum absolute atomic E-state index is 12.7. The molecule has 0 fully saturated rings. The van der Waals surface area contributed by atoms with Crippen molar-refractivity contribution in [3.63, 3.8) is 0 Å². The monoisotopic (exact) mass is 432 g/mol. The summed E-state index contributed by atoms with van der Waals surface area (Å²) in [7, 11) is 3.37. The van der Waals surface area contributed by atoms with Crippen LogP contribution < -0.4 is 10.5 Å². The molecule has 0 spiro atoms. The zero-order chi connectivity index (χ0) is 22.9. The van der Waals surface area contributed by atoms with Crippen LogP contribution >= 0.6 is 0 Å². The summed E-state index contributed by atoms with van der Waals surface area (Å²) in [5, 5.41) is 0. The van der Waals surface area contributed by atoms with E-state index >= 15 is 0 Å². The van der Waals surface area contributed by atoms with Crippen LogP contribution in [-0.4, -0.2) is 36.9 Å². The molecule has 0 aliphatic rings. The number of nitrogens with two attached hydrogens (primary N) is 1. The molecule has 0 saturated carbocycles. The first kappa shape index (κ1) is 23.0. The van der Waals surface area contributed by atoms with Crippen LogP contribution in [0.4, 0.5) is 0 Å². The van der Waals surface area contributed by atoms with E-state index < -0.39 is 12.0 Å². The fourth-order valence-corrected chi connectivity index (χ4v) is 3.15. The Labute approximate surface area is 188 Å². The Bertz CT molecular complexity index is 1040. The van der Waals surface area contributed by atoms with Gasteiger partial charge in [0.05, 0.1) is 5.56 Å². The van der Waals surface area contributed by atoms with Crippen LogP contribution in [-0.2, 0) is 29.2 Å². The van der Waals surface area contributed by atoms with E-state index in [1.807, 2.05) is 66.7 Å². The molecule has 0 aliphatic heterocycles. The fourth-order valence-electron chi connectivity index (χ4n) is 3.15. The van der Waals surface area contributed by atoms with E-state index in [2.05, 4.69) is 0 Å². The molecule has 1 amide bonds. The number of benzene rings is 3. The minimum Gasteiger partial charge on any atom is -0.488 e. The lowest BCUT2D eigenvalue weighted by Crippen LogP contribution is -2.34. The van der Waals surface area contributed by atoms with E-state index in [-0.39, 0.29) is 18.9 Å². The highest BCUT2D eigenvalue weighted by Gasteiger charge is 2.20. The zero-order valence-corrected chi connectivity index (χ0v) is 18.4. The van der Waals surface area contributed by atoms with Crippen LogP contribution in [0.25, 0.3) is 0 Å². The van der Waals surface area contributed by atoms with Crippen LogP contribution in [0, 0.1) is 0 Å². The lowest BCUT2D eigenvalue weighted by molar-refractivity contribution is -0.146. The largest absolute Gasteiger partial charge is 0.488 e. The third-order valence-corrected chi connectivity index (χ3v) is 4.90. The van der Waals surface area contributed by atoms with Crippen molar-refractivity contribution in [2.75, 3.05) is 14.1 Å². The molecule has 3 rings (SSSR count). The number of ether oxygens (including phenoxy) is 2. The minimum atomic E-state index is -0.836. The summed E-state index contributed by atoms with van der Waals surface area (Å²) in [5.41, 5.74) is 9.15. The van der Waals surface area contributed by atoms with Gasteiger partial charge in [-0.15, -0.1) is 0 Å². The summed E-state index contributed by atoms with van der Waals surface area (Å²) in [6, 6.07) is 23.6. The molecule has 0 unspecified atom stereocenters. The predicted octanol–water partition coefficient (Wildman–Crippen LogP) is 3.58. The normalized spacial score (nSPS) is 11.5. The number of nitrogens with zero attached hydrogens (tertiary/aromatic N) is 1. The molecular formula is C26H28N2O4. The number of hydrogen-bond donors (Lipinski definition) is 1. The SMILES string of the molecule is CN(C)C(=O)c1cc(C[C@H](N)C(=O)OCc2ccccc2)ccc1OCc1ccccc1. The van der Waals surface area contributed by atoms with Gasteiger partial charge in [-0.1, -0.05) is 66.7 Å². The van der Waals surface area contributed by atoms with Crippen molar-refractivity contribution in [3.8, 4) is 5.75 Å².